The number of amides is 1. The average molecular weight is 493 g/mol. The van der Waals surface area contributed by atoms with Gasteiger partial charge in [0.25, 0.3) is 5.91 Å². The quantitative estimate of drug-likeness (QED) is 0.321. The Morgan fingerprint density at radius 2 is 1.86 bits per heavy atom. The standard InChI is InChI=1S/C26H21FN2O5S/c1-33-22-13-16(10-11-21(22)34-15-24(30)28-19-7-3-2-6-18(19)27)12-17(14-25(31)32)26-29-20-8-4-5-9-23(20)35-26/h2-13H,14-15H2,1H3,(H,28,30)(H,31,32)/b17-12-. The van der Waals surface area contributed by atoms with Gasteiger partial charge in [0, 0.05) is 0 Å². The first kappa shape index (κ1) is 23.9. The molecule has 9 heteroatoms. The third kappa shape index (κ3) is 6.01. The lowest BCUT2D eigenvalue weighted by Gasteiger charge is -2.12. The van der Waals surface area contributed by atoms with Gasteiger partial charge in [0.2, 0.25) is 0 Å². The molecule has 7 nitrogen and oxygen atoms in total. The summed E-state index contributed by atoms with van der Waals surface area (Å²) in [5.41, 5.74) is 2.10. The molecule has 0 atom stereocenters. The van der Waals surface area contributed by atoms with Crippen molar-refractivity contribution >= 4 is 50.8 Å². The third-order valence-electron chi connectivity index (χ3n) is 4.95. The van der Waals surface area contributed by atoms with E-state index in [1.807, 2.05) is 24.3 Å². The number of para-hydroxylation sites is 2. The van der Waals surface area contributed by atoms with Crippen molar-refractivity contribution in [1.82, 2.24) is 4.98 Å². The van der Waals surface area contributed by atoms with Crippen LogP contribution in [0, 0.1) is 5.82 Å². The maximum absolute atomic E-state index is 13.7. The molecule has 0 radical (unpaired) electrons. The van der Waals surface area contributed by atoms with Crippen LogP contribution in [0.4, 0.5) is 10.1 Å². The van der Waals surface area contributed by atoms with Crippen molar-refractivity contribution in [1.29, 1.82) is 0 Å². The summed E-state index contributed by atoms with van der Waals surface area (Å²) in [5.74, 6) is -1.37. The summed E-state index contributed by atoms with van der Waals surface area (Å²) in [6, 6.07) is 18.5. The van der Waals surface area contributed by atoms with Crippen LogP contribution < -0.4 is 14.8 Å². The van der Waals surface area contributed by atoms with Crippen molar-refractivity contribution in [3.05, 3.63) is 83.1 Å². The van der Waals surface area contributed by atoms with Crippen LogP contribution in [-0.2, 0) is 9.59 Å². The number of carboxylic acids is 1. The van der Waals surface area contributed by atoms with Crippen molar-refractivity contribution in [2.45, 2.75) is 6.42 Å². The van der Waals surface area contributed by atoms with Gasteiger partial charge in [0.05, 0.1) is 29.4 Å². The van der Waals surface area contributed by atoms with Gasteiger partial charge >= 0.3 is 5.97 Å². The van der Waals surface area contributed by atoms with E-state index < -0.39 is 17.7 Å². The van der Waals surface area contributed by atoms with E-state index in [1.54, 1.807) is 30.3 Å². The highest BCUT2D eigenvalue weighted by Gasteiger charge is 2.14. The second-order valence-electron chi connectivity index (χ2n) is 7.45. The van der Waals surface area contributed by atoms with Gasteiger partial charge in [0.15, 0.2) is 18.1 Å². The van der Waals surface area contributed by atoms with Gasteiger partial charge < -0.3 is 19.9 Å². The fourth-order valence-electron chi connectivity index (χ4n) is 3.35. The topological polar surface area (TPSA) is 97.8 Å². The molecule has 0 saturated heterocycles. The number of aliphatic carboxylic acids is 1. The lowest BCUT2D eigenvalue weighted by Crippen LogP contribution is -2.20. The van der Waals surface area contributed by atoms with Crippen molar-refractivity contribution in [3.8, 4) is 11.5 Å². The van der Waals surface area contributed by atoms with Crippen molar-refractivity contribution in [2.24, 2.45) is 0 Å². The number of methoxy groups -OCH3 is 1. The number of carbonyl (C=O) groups is 2. The molecule has 3 aromatic carbocycles. The van der Waals surface area contributed by atoms with Crippen molar-refractivity contribution in [2.75, 3.05) is 19.0 Å². The van der Waals surface area contributed by atoms with Crippen LogP contribution in [-0.4, -0.2) is 35.7 Å². The number of nitrogens with one attached hydrogen (secondary N) is 1. The monoisotopic (exact) mass is 492 g/mol. The van der Waals surface area contributed by atoms with Gasteiger partial charge in [-0.1, -0.05) is 30.3 Å². The molecule has 178 valence electrons. The molecule has 0 aliphatic carbocycles. The van der Waals surface area contributed by atoms with Crippen LogP contribution in [0.25, 0.3) is 21.9 Å². The number of aromatic nitrogens is 1. The summed E-state index contributed by atoms with van der Waals surface area (Å²) in [5, 5.41) is 12.5. The molecule has 0 saturated carbocycles. The normalized spacial score (nSPS) is 11.3. The van der Waals surface area contributed by atoms with Crippen molar-refractivity contribution < 1.29 is 28.6 Å². The van der Waals surface area contributed by atoms with Gasteiger partial charge in [-0.05, 0) is 53.6 Å². The van der Waals surface area contributed by atoms with Crippen LogP contribution in [0.1, 0.15) is 17.0 Å². The number of benzene rings is 3. The number of carbonyl (C=O) groups excluding carboxylic acids is 1. The number of hydrogen-bond donors (Lipinski definition) is 2. The van der Waals surface area contributed by atoms with Gasteiger partial charge in [-0.25, -0.2) is 9.37 Å². The predicted molar refractivity (Wildman–Crippen MR) is 133 cm³/mol. The highest BCUT2D eigenvalue weighted by molar-refractivity contribution is 7.19. The molecule has 0 unspecified atom stereocenters. The summed E-state index contributed by atoms with van der Waals surface area (Å²) in [7, 11) is 1.46. The van der Waals surface area contributed by atoms with Crippen LogP contribution in [0.2, 0.25) is 0 Å². The summed E-state index contributed by atoms with van der Waals surface area (Å²) in [4.78, 5) is 28.2. The smallest absolute Gasteiger partial charge is 0.307 e. The lowest BCUT2D eigenvalue weighted by atomic mass is 10.1. The fourth-order valence-corrected chi connectivity index (χ4v) is 4.33. The Kier molecular flexibility index (Phi) is 7.37. The maximum atomic E-state index is 13.7. The maximum Gasteiger partial charge on any atom is 0.307 e. The zero-order valence-corrected chi connectivity index (χ0v) is 19.5. The molecule has 0 spiro atoms. The summed E-state index contributed by atoms with van der Waals surface area (Å²) in [6.45, 7) is -0.351. The SMILES string of the molecule is COc1cc(/C=C(/CC(=O)O)c2nc3ccccc3s2)ccc1OCC(=O)Nc1ccccc1F. The third-order valence-corrected chi connectivity index (χ3v) is 6.06. The number of rotatable bonds is 9. The van der Waals surface area contributed by atoms with E-state index in [2.05, 4.69) is 10.3 Å². The predicted octanol–water partition coefficient (Wildman–Crippen LogP) is 5.48. The van der Waals surface area contributed by atoms with E-state index in [4.69, 9.17) is 9.47 Å². The van der Waals surface area contributed by atoms with Crippen molar-refractivity contribution in [3.63, 3.8) is 0 Å². The summed E-state index contributed by atoms with van der Waals surface area (Å²) < 4.78 is 25.7. The number of nitrogens with zero attached hydrogens (tertiary/aromatic N) is 1. The molecule has 4 aromatic rings. The molecular weight excluding hydrogens is 471 g/mol. The van der Waals surface area contributed by atoms with Crippen LogP contribution >= 0.6 is 11.3 Å². The largest absolute Gasteiger partial charge is 0.493 e. The zero-order chi connectivity index (χ0) is 24.8. The Bertz CT molecular complexity index is 1380. The Morgan fingerprint density at radius 1 is 1.09 bits per heavy atom. The Morgan fingerprint density at radius 3 is 2.60 bits per heavy atom. The summed E-state index contributed by atoms with van der Waals surface area (Å²) in [6.07, 6.45) is 1.54. The van der Waals surface area contributed by atoms with E-state index in [9.17, 15) is 19.1 Å². The summed E-state index contributed by atoms with van der Waals surface area (Å²) >= 11 is 1.42. The number of thiazole rings is 1. The van der Waals surface area contributed by atoms with E-state index in [1.165, 1.54) is 36.6 Å². The second-order valence-corrected chi connectivity index (χ2v) is 8.48. The molecule has 1 heterocycles. The fraction of sp³-hybridized carbons (Fsp3) is 0.115. The van der Waals surface area contributed by atoms with Crippen LogP contribution in [0.5, 0.6) is 11.5 Å². The minimum absolute atomic E-state index is 0.0642. The number of anilines is 1. The number of carboxylic acid groups (broad SMARTS) is 1. The first-order chi connectivity index (χ1) is 16.9. The second kappa shape index (κ2) is 10.8. The number of hydrogen-bond acceptors (Lipinski definition) is 6. The minimum atomic E-state index is -0.969. The van der Waals surface area contributed by atoms with Gasteiger partial charge in [-0.3, -0.25) is 9.59 Å². The van der Waals surface area contributed by atoms with Gasteiger partial charge in [-0.15, -0.1) is 11.3 Å². The highest BCUT2D eigenvalue weighted by Crippen LogP contribution is 2.33. The number of fused-ring (bicyclic) bond motifs is 1. The van der Waals surface area contributed by atoms with Crippen LogP contribution in [0.3, 0.4) is 0 Å². The number of halogens is 1. The molecule has 35 heavy (non-hydrogen) atoms. The van der Waals surface area contributed by atoms with E-state index >= 15 is 0 Å². The Balaban J connectivity index is 1.53. The van der Waals surface area contributed by atoms with E-state index in [0.29, 0.717) is 27.6 Å². The van der Waals surface area contributed by atoms with E-state index in [0.717, 1.165) is 10.2 Å². The van der Waals surface area contributed by atoms with Gasteiger partial charge in [0.1, 0.15) is 10.8 Å². The zero-order valence-electron chi connectivity index (χ0n) is 18.7. The molecule has 4 rings (SSSR count). The van der Waals surface area contributed by atoms with E-state index in [-0.39, 0.29) is 18.7 Å². The first-order valence-corrected chi connectivity index (χ1v) is 11.4. The van der Waals surface area contributed by atoms with Crippen LogP contribution in [0.15, 0.2) is 66.7 Å². The minimum Gasteiger partial charge on any atom is -0.493 e. The Hall–Kier alpha value is -4.24. The first-order valence-electron chi connectivity index (χ1n) is 10.6. The molecular formula is C26H21FN2O5S. The molecule has 0 aliphatic rings. The molecule has 0 bridgehead atoms. The molecule has 0 aliphatic heterocycles. The van der Waals surface area contributed by atoms with Gasteiger partial charge in [-0.2, -0.15) is 0 Å². The molecule has 0 fully saturated rings. The number of ether oxygens (including phenoxy) is 2. The average Bonchev–Trinajstić information content (AvgIpc) is 3.28. The lowest BCUT2D eigenvalue weighted by molar-refractivity contribution is -0.135. The Labute approximate surface area is 204 Å². The highest BCUT2D eigenvalue weighted by atomic mass is 32.1. The molecule has 1 amide bonds. The molecule has 1 aromatic heterocycles. The molecule has 2 N–H and O–H groups in total.